The fraction of sp³-hybridized carbons (Fsp3) is 0.588. The van der Waals surface area contributed by atoms with Crippen molar-refractivity contribution in [3.05, 3.63) is 28.7 Å². The Hall–Kier alpha value is -0.870. The molecule has 0 spiro atoms. The standard InChI is InChI=1S/C17H27BrN2O/c1-4-5-8-11-17(2,3)13-19-12-16(21)20-15-10-7-6-9-14(15)18/h6-7,9-10,19H,4-5,8,11-13H2,1-3H3,(H,20,21). The van der Waals surface area contributed by atoms with Crippen LogP contribution in [0.4, 0.5) is 5.69 Å². The first-order valence-electron chi connectivity index (χ1n) is 7.70. The van der Waals surface area contributed by atoms with Crippen LogP contribution in [0.3, 0.4) is 0 Å². The van der Waals surface area contributed by atoms with Crippen molar-refractivity contribution in [3.63, 3.8) is 0 Å². The molecule has 1 aromatic carbocycles. The summed E-state index contributed by atoms with van der Waals surface area (Å²) >= 11 is 3.42. The van der Waals surface area contributed by atoms with Gasteiger partial charge in [-0.25, -0.2) is 0 Å². The normalized spacial score (nSPS) is 11.4. The Morgan fingerprint density at radius 2 is 1.95 bits per heavy atom. The lowest BCUT2D eigenvalue weighted by Gasteiger charge is -2.25. The third-order valence-corrected chi connectivity index (χ3v) is 4.19. The number of carbonyl (C=O) groups excluding carboxylic acids is 1. The molecule has 4 heteroatoms. The molecule has 0 saturated heterocycles. The van der Waals surface area contributed by atoms with E-state index in [2.05, 4.69) is 47.3 Å². The van der Waals surface area contributed by atoms with E-state index < -0.39 is 0 Å². The molecular weight excluding hydrogens is 328 g/mol. The first kappa shape index (κ1) is 18.2. The number of rotatable bonds is 9. The second-order valence-corrected chi connectivity index (χ2v) is 7.11. The summed E-state index contributed by atoms with van der Waals surface area (Å²) < 4.78 is 0.901. The molecule has 0 atom stereocenters. The molecule has 0 bridgehead atoms. The predicted molar refractivity (Wildman–Crippen MR) is 93.6 cm³/mol. The number of unbranched alkanes of at least 4 members (excludes halogenated alkanes) is 2. The summed E-state index contributed by atoms with van der Waals surface area (Å²) in [5, 5.41) is 6.17. The zero-order valence-corrected chi connectivity index (χ0v) is 14.9. The van der Waals surface area contributed by atoms with Gasteiger partial charge in [-0.05, 0) is 39.9 Å². The number of para-hydroxylation sites is 1. The van der Waals surface area contributed by atoms with Gasteiger partial charge in [0.15, 0.2) is 0 Å². The SMILES string of the molecule is CCCCCC(C)(C)CNCC(=O)Nc1ccccc1Br. The van der Waals surface area contributed by atoms with Crippen molar-refractivity contribution >= 4 is 27.5 Å². The van der Waals surface area contributed by atoms with Gasteiger partial charge < -0.3 is 10.6 Å². The van der Waals surface area contributed by atoms with E-state index in [9.17, 15) is 4.79 Å². The molecule has 1 amide bonds. The zero-order chi connectivity index (χ0) is 15.7. The highest BCUT2D eigenvalue weighted by Gasteiger charge is 2.17. The average molecular weight is 355 g/mol. The van der Waals surface area contributed by atoms with Crippen molar-refractivity contribution in [3.8, 4) is 0 Å². The van der Waals surface area contributed by atoms with Gasteiger partial charge in [0.1, 0.15) is 0 Å². The first-order valence-corrected chi connectivity index (χ1v) is 8.49. The van der Waals surface area contributed by atoms with Crippen molar-refractivity contribution in [1.82, 2.24) is 5.32 Å². The third-order valence-electron chi connectivity index (χ3n) is 3.49. The lowest BCUT2D eigenvalue weighted by atomic mass is 9.87. The van der Waals surface area contributed by atoms with Crippen LogP contribution < -0.4 is 10.6 Å². The van der Waals surface area contributed by atoms with Gasteiger partial charge in [-0.1, -0.05) is 52.2 Å². The largest absolute Gasteiger partial charge is 0.324 e. The lowest BCUT2D eigenvalue weighted by molar-refractivity contribution is -0.115. The van der Waals surface area contributed by atoms with Gasteiger partial charge in [0.25, 0.3) is 0 Å². The number of halogens is 1. The number of amides is 1. The van der Waals surface area contributed by atoms with E-state index in [0.717, 1.165) is 16.7 Å². The van der Waals surface area contributed by atoms with Gasteiger partial charge in [0, 0.05) is 11.0 Å². The Bertz CT molecular complexity index is 446. The Morgan fingerprint density at radius 3 is 2.62 bits per heavy atom. The Balaban J connectivity index is 2.28. The van der Waals surface area contributed by atoms with Crippen LogP contribution in [0.15, 0.2) is 28.7 Å². The summed E-state index contributed by atoms with van der Waals surface area (Å²) in [6, 6.07) is 7.64. The van der Waals surface area contributed by atoms with E-state index in [1.165, 1.54) is 25.7 Å². The van der Waals surface area contributed by atoms with Gasteiger partial charge in [-0.15, -0.1) is 0 Å². The van der Waals surface area contributed by atoms with Crippen LogP contribution in [-0.2, 0) is 4.79 Å². The van der Waals surface area contributed by atoms with Crippen LogP contribution >= 0.6 is 15.9 Å². The molecule has 0 fully saturated rings. The molecule has 0 heterocycles. The summed E-state index contributed by atoms with van der Waals surface area (Å²) in [7, 11) is 0. The minimum Gasteiger partial charge on any atom is -0.324 e. The fourth-order valence-electron chi connectivity index (χ4n) is 2.21. The van der Waals surface area contributed by atoms with Gasteiger partial charge in [0.2, 0.25) is 5.91 Å². The summed E-state index contributed by atoms with van der Waals surface area (Å²) in [6.45, 7) is 7.93. The van der Waals surface area contributed by atoms with Crippen LogP contribution in [0.2, 0.25) is 0 Å². The minimum absolute atomic E-state index is 0.00809. The number of carbonyl (C=O) groups is 1. The van der Waals surface area contributed by atoms with Crippen molar-refractivity contribution in [1.29, 1.82) is 0 Å². The summed E-state index contributed by atoms with van der Waals surface area (Å²) in [5.41, 5.74) is 1.05. The van der Waals surface area contributed by atoms with Crippen molar-refractivity contribution < 1.29 is 4.79 Å². The highest BCUT2D eigenvalue weighted by atomic mass is 79.9. The molecule has 0 aliphatic heterocycles. The molecule has 0 saturated carbocycles. The first-order chi connectivity index (χ1) is 9.94. The molecule has 0 aromatic heterocycles. The topological polar surface area (TPSA) is 41.1 Å². The van der Waals surface area contributed by atoms with Crippen molar-refractivity contribution in [2.45, 2.75) is 46.5 Å². The molecule has 1 rings (SSSR count). The van der Waals surface area contributed by atoms with Crippen molar-refractivity contribution in [2.24, 2.45) is 5.41 Å². The highest BCUT2D eigenvalue weighted by Crippen LogP contribution is 2.23. The highest BCUT2D eigenvalue weighted by molar-refractivity contribution is 9.10. The monoisotopic (exact) mass is 354 g/mol. The summed E-state index contributed by atoms with van der Waals surface area (Å²) in [4.78, 5) is 11.9. The van der Waals surface area contributed by atoms with Gasteiger partial charge in [0.05, 0.1) is 12.2 Å². The van der Waals surface area contributed by atoms with Crippen LogP contribution in [-0.4, -0.2) is 19.0 Å². The number of benzene rings is 1. The number of hydrogen-bond acceptors (Lipinski definition) is 2. The molecule has 2 N–H and O–H groups in total. The maximum absolute atomic E-state index is 11.9. The number of nitrogens with one attached hydrogen (secondary N) is 2. The summed E-state index contributed by atoms with van der Waals surface area (Å²) in [5.74, 6) is -0.00809. The maximum atomic E-state index is 11.9. The van der Waals surface area contributed by atoms with Crippen LogP contribution in [0.25, 0.3) is 0 Å². The minimum atomic E-state index is -0.00809. The molecular formula is C17H27BrN2O. The molecule has 0 aliphatic rings. The smallest absolute Gasteiger partial charge is 0.238 e. The van der Waals surface area contributed by atoms with E-state index in [4.69, 9.17) is 0 Å². The van der Waals surface area contributed by atoms with Gasteiger partial charge in [-0.3, -0.25) is 4.79 Å². The van der Waals surface area contributed by atoms with E-state index in [-0.39, 0.29) is 11.3 Å². The van der Waals surface area contributed by atoms with E-state index >= 15 is 0 Å². The fourth-order valence-corrected chi connectivity index (χ4v) is 2.60. The van der Waals surface area contributed by atoms with E-state index in [0.29, 0.717) is 6.54 Å². The van der Waals surface area contributed by atoms with Gasteiger partial charge >= 0.3 is 0 Å². The molecule has 118 valence electrons. The Kier molecular flexibility index (Phi) is 7.97. The molecule has 0 radical (unpaired) electrons. The van der Waals surface area contributed by atoms with Crippen molar-refractivity contribution in [2.75, 3.05) is 18.4 Å². The van der Waals surface area contributed by atoms with Crippen LogP contribution in [0.1, 0.15) is 46.5 Å². The lowest BCUT2D eigenvalue weighted by Crippen LogP contribution is -2.35. The molecule has 0 aliphatic carbocycles. The second kappa shape index (κ2) is 9.21. The maximum Gasteiger partial charge on any atom is 0.238 e. The predicted octanol–water partition coefficient (Wildman–Crippen LogP) is 4.58. The third kappa shape index (κ3) is 7.63. The Morgan fingerprint density at radius 1 is 1.24 bits per heavy atom. The average Bonchev–Trinajstić information content (AvgIpc) is 2.41. The second-order valence-electron chi connectivity index (χ2n) is 6.25. The van der Waals surface area contributed by atoms with Crippen LogP contribution in [0.5, 0.6) is 0 Å². The van der Waals surface area contributed by atoms with E-state index in [1.807, 2.05) is 24.3 Å². The van der Waals surface area contributed by atoms with Crippen LogP contribution in [0, 0.1) is 5.41 Å². The quantitative estimate of drug-likeness (QED) is 0.637. The number of hydrogen-bond donors (Lipinski definition) is 2. The molecule has 1 aromatic rings. The summed E-state index contributed by atoms with van der Waals surface area (Å²) in [6.07, 6.45) is 4.98. The Labute approximate surface area is 137 Å². The van der Waals surface area contributed by atoms with E-state index in [1.54, 1.807) is 0 Å². The molecule has 21 heavy (non-hydrogen) atoms. The molecule has 0 unspecified atom stereocenters. The molecule has 3 nitrogen and oxygen atoms in total. The van der Waals surface area contributed by atoms with Gasteiger partial charge in [-0.2, -0.15) is 0 Å². The number of anilines is 1. The zero-order valence-electron chi connectivity index (χ0n) is 13.3.